The van der Waals surface area contributed by atoms with Gasteiger partial charge in [-0.2, -0.15) is 0 Å². The van der Waals surface area contributed by atoms with Gasteiger partial charge in [0.05, 0.1) is 5.92 Å². The molecule has 0 aliphatic carbocycles. The van der Waals surface area contributed by atoms with Crippen molar-refractivity contribution in [2.45, 2.75) is 52.9 Å². The Kier molecular flexibility index (Phi) is 4.94. The Balaban J connectivity index is 2.74. The summed E-state index contributed by atoms with van der Waals surface area (Å²) in [6.45, 7) is 8.49. The Morgan fingerprint density at radius 1 is 1.28 bits per heavy atom. The van der Waals surface area contributed by atoms with E-state index in [1.807, 2.05) is 12.1 Å². The zero-order valence-electron chi connectivity index (χ0n) is 11.9. The van der Waals surface area contributed by atoms with Crippen LogP contribution in [0.25, 0.3) is 0 Å². The van der Waals surface area contributed by atoms with Crippen LogP contribution in [0.15, 0.2) is 24.3 Å². The van der Waals surface area contributed by atoms with Crippen LogP contribution >= 0.6 is 0 Å². The second kappa shape index (κ2) is 6.03. The zero-order chi connectivity index (χ0) is 13.8. The fourth-order valence-corrected chi connectivity index (χ4v) is 2.38. The minimum Gasteiger partial charge on any atom is -0.481 e. The van der Waals surface area contributed by atoms with E-state index in [2.05, 4.69) is 32.9 Å². The van der Waals surface area contributed by atoms with Crippen molar-refractivity contribution >= 4 is 5.97 Å². The molecule has 0 amide bonds. The molecule has 0 spiro atoms. The van der Waals surface area contributed by atoms with E-state index in [0.717, 1.165) is 12.0 Å². The first-order valence-electron chi connectivity index (χ1n) is 6.67. The number of aliphatic carboxylic acids is 1. The molecule has 0 radical (unpaired) electrons. The van der Waals surface area contributed by atoms with Crippen LogP contribution in [0.1, 0.15) is 57.6 Å². The molecule has 1 aromatic rings. The molecule has 0 bridgehead atoms. The van der Waals surface area contributed by atoms with Gasteiger partial charge in [0.15, 0.2) is 0 Å². The van der Waals surface area contributed by atoms with E-state index in [9.17, 15) is 4.79 Å². The predicted molar refractivity (Wildman–Crippen MR) is 74.9 cm³/mol. The van der Waals surface area contributed by atoms with Gasteiger partial charge < -0.3 is 5.11 Å². The fourth-order valence-electron chi connectivity index (χ4n) is 2.38. The largest absolute Gasteiger partial charge is 0.481 e. The van der Waals surface area contributed by atoms with E-state index in [1.165, 1.54) is 18.4 Å². The lowest BCUT2D eigenvalue weighted by Gasteiger charge is -2.24. The second-order valence-corrected chi connectivity index (χ2v) is 5.89. The zero-order valence-corrected chi connectivity index (χ0v) is 11.9. The van der Waals surface area contributed by atoms with Gasteiger partial charge >= 0.3 is 5.97 Å². The highest BCUT2D eigenvalue weighted by Gasteiger charge is 2.18. The third-order valence-corrected chi connectivity index (χ3v) is 3.46. The number of rotatable bonds is 6. The van der Waals surface area contributed by atoms with Crippen LogP contribution < -0.4 is 0 Å². The molecule has 0 fully saturated rings. The van der Waals surface area contributed by atoms with Crippen LogP contribution in [0, 0.1) is 5.41 Å². The van der Waals surface area contributed by atoms with E-state index in [0.29, 0.717) is 5.41 Å². The molecule has 100 valence electrons. The lowest BCUT2D eigenvalue weighted by molar-refractivity contribution is -0.138. The minimum absolute atomic E-state index is 0.314. The van der Waals surface area contributed by atoms with Crippen LogP contribution in [-0.4, -0.2) is 11.1 Å². The van der Waals surface area contributed by atoms with E-state index in [1.54, 1.807) is 6.92 Å². The summed E-state index contributed by atoms with van der Waals surface area (Å²) < 4.78 is 0. The first-order valence-corrected chi connectivity index (χ1v) is 6.67. The highest BCUT2D eigenvalue weighted by molar-refractivity contribution is 5.75. The molecule has 0 heterocycles. The van der Waals surface area contributed by atoms with Crippen molar-refractivity contribution in [3.05, 3.63) is 35.4 Å². The van der Waals surface area contributed by atoms with Crippen molar-refractivity contribution in [2.24, 2.45) is 5.41 Å². The van der Waals surface area contributed by atoms with E-state index in [-0.39, 0.29) is 0 Å². The number of hydrogen-bond donors (Lipinski definition) is 1. The summed E-state index contributed by atoms with van der Waals surface area (Å²) in [6, 6.07) is 8.00. The first-order chi connectivity index (χ1) is 8.35. The van der Waals surface area contributed by atoms with Crippen molar-refractivity contribution in [3.63, 3.8) is 0 Å². The number of hydrogen-bond acceptors (Lipinski definition) is 1. The molecule has 0 aliphatic heterocycles. The summed E-state index contributed by atoms with van der Waals surface area (Å²) in [5.41, 5.74) is 2.48. The van der Waals surface area contributed by atoms with Gasteiger partial charge in [0.2, 0.25) is 0 Å². The maximum absolute atomic E-state index is 10.9. The summed E-state index contributed by atoms with van der Waals surface area (Å²) in [5.74, 6) is -1.20. The van der Waals surface area contributed by atoms with Crippen LogP contribution in [0.3, 0.4) is 0 Å². The summed E-state index contributed by atoms with van der Waals surface area (Å²) in [4.78, 5) is 10.9. The van der Waals surface area contributed by atoms with Gasteiger partial charge in [-0.25, -0.2) is 0 Å². The van der Waals surface area contributed by atoms with Gasteiger partial charge in [0.1, 0.15) is 0 Å². The van der Waals surface area contributed by atoms with Gasteiger partial charge in [-0.3, -0.25) is 4.79 Å². The van der Waals surface area contributed by atoms with Crippen LogP contribution in [0.4, 0.5) is 0 Å². The standard InChI is InChI=1S/C16H24O2/c1-5-10-16(3,4)11-13-6-8-14(9-7-13)12(2)15(17)18/h6-9,12H,5,10-11H2,1-4H3,(H,17,18). The Hall–Kier alpha value is -1.31. The molecule has 0 aromatic heterocycles. The summed E-state index contributed by atoms with van der Waals surface area (Å²) in [6.07, 6.45) is 3.45. The topological polar surface area (TPSA) is 37.3 Å². The van der Waals surface area contributed by atoms with Crippen LogP contribution in [0.5, 0.6) is 0 Å². The molecular formula is C16H24O2. The molecule has 0 aliphatic rings. The van der Waals surface area contributed by atoms with Crippen LogP contribution in [0.2, 0.25) is 0 Å². The molecule has 2 heteroatoms. The molecule has 2 nitrogen and oxygen atoms in total. The molecule has 1 rings (SSSR count). The highest BCUT2D eigenvalue weighted by atomic mass is 16.4. The van der Waals surface area contributed by atoms with Crippen molar-refractivity contribution in [3.8, 4) is 0 Å². The van der Waals surface area contributed by atoms with Gasteiger partial charge in [0, 0.05) is 0 Å². The summed E-state index contributed by atoms with van der Waals surface area (Å²) >= 11 is 0. The molecule has 1 atom stereocenters. The molecule has 0 saturated carbocycles. The number of carbonyl (C=O) groups is 1. The molecular weight excluding hydrogens is 224 g/mol. The normalized spacial score (nSPS) is 13.3. The maximum atomic E-state index is 10.9. The summed E-state index contributed by atoms with van der Waals surface area (Å²) in [5, 5.41) is 8.96. The van der Waals surface area contributed by atoms with Gasteiger partial charge in [0.25, 0.3) is 0 Å². The number of carboxylic acid groups (broad SMARTS) is 1. The van der Waals surface area contributed by atoms with Gasteiger partial charge in [-0.05, 0) is 36.3 Å². The van der Waals surface area contributed by atoms with Crippen molar-refractivity contribution in [1.82, 2.24) is 0 Å². The van der Waals surface area contributed by atoms with Gasteiger partial charge in [-0.15, -0.1) is 0 Å². The second-order valence-electron chi connectivity index (χ2n) is 5.89. The molecule has 1 unspecified atom stereocenters. The fraction of sp³-hybridized carbons (Fsp3) is 0.562. The molecule has 1 aromatic carbocycles. The third kappa shape index (κ3) is 4.17. The smallest absolute Gasteiger partial charge is 0.310 e. The molecule has 18 heavy (non-hydrogen) atoms. The van der Waals surface area contributed by atoms with Gasteiger partial charge in [-0.1, -0.05) is 51.5 Å². The number of benzene rings is 1. The third-order valence-electron chi connectivity index (χ3n) is 3.46. The monoisotopic (exact) mass is 248 g/mol. The van der Waals surface area contributed by atoms with E-state index in [4.69, 9.17) is 5.11 Å². The minimum atomic E-state index is -0.769. The Morgan fingerprint density at radius 2 is 1.83 bits per heavy atom. The summed E-state index contributed by atoms with van der Waals surface area (Å²) in [7, 11) is 0. The maximum Gasteiger partial charge on any atom is 0.310 e. The van der Waals surface area contributed by atoms with E-state index >= 15 is 0 Å². The lowest BCUT2D eigenvalue weighted by Crippen LogP contribution is -2.14. The lowest BCUT2D eigenvalue weighted by atomic mass is 9.81. The average Bonchev–Trinajstić information content (AvgIpc) is 2.28. The SMILES string of the molecule is CCCC(C)(C)Cc1ccc(C(C)C(=O)O)cc1. The Labute approximate surface area is 110 Å². The molecule has 0 saturated heterocycles. The Morgan fingerprint density at radius 3 is 2.28 bits per heavy atom. The highest BCUT2D eigenvalue weighted by Crippen LogP contribution is 2.28. The average molecular weight is 248 g/mol. The quantitative estimate of drug-likeness (QED) is 0.817. The Bertz CT molecular complexity index is 390. The van der Waals surface area contributed by atoms with Crippen molar-refractivity contribution in [2.75, 3.05) is 0 Å². The van der Waals surface area contributed by atoms with Crippen molar-refractivity contribution < 1.29 is 9.90 Å². The first kappa shape index (κ1) is 14.7. The molecule has 1 N–H and O–H groups in total. The van der Waals surface area contributed by atoms with Crippen LogP contribution in [-0.2, 0) is 11.2 Å². The van der Waals surface area contributed by atoms with Crippen molar-refractivity contribution in [1.29, 1.82) is 0 Å². The predicted octanol–water partition coefficient (Wildman–Crippen LogP) is 4.24. The van der Waals surface area contributed by atoms with E-state index < -0.39 is 11.9 Å². The number of carboxylic acids is 1.